The first-order valence-corrected chi connectivity index (χ1v) is 6.30. The Labute approximate surface area is 108 Å². The van der Waals surface area contributed by atoms with Crippen molar-refractivity contribution in [3.63, 3.8) is 0 Å². The van der Waals surface area contributed by atoms with E-state index in [2.05, 4.69) is 27.4 Å². The van der Waals surface area contributed by atoms with Gasteiger partial charge in [0.2, 0.25) is 0 Å². The van der Waals surface area contributed by atoms with Crippen LogP contribution in [-0.4, -0.2) is 9.97 Å². The van der Waals surface area contributed by atoms with Gasteiger partial charge in [-0.3, -0.25) is 0 Å². The molecule has 0 aliphatic rings. The maximum Gasteiger partial charge on any atom is 0.188 e. The van der Waals surface area contributed by atoms with Crippen molar-refractivity contribution in [3.05, 3.63) is 41.0 Å². The van der Waals surface area contributed by atoms with Gasteiger partial charge in [0, 0.05) is 16.6 Å². The van der Waals surface area contributed by atoms with E-state index < -0.39 is 0 Å². The lowest BCUT2D eigenvalue weighted by atomic mass is 10.2. The molecule has 0 radical (unpaired) electrons. The van der Waals surface area contributed by atoms with E-state index in [-0.39, 0.29) is 0 Å². The first-order chi connectivity index (χ1) is 8.78. The molecule has 0 amide bonds. The molecule has 1 aromatic carbocycles. The number of fused-ring (bicyclic) bond motifs is 1. The van der Waals surface area contributed by atoms with Crippen molar-refractivity contribution < 1.29 is 0 Å². The Morgan fingerprint density at radius 2 is 2.22 bits per heavy atom. The Balaban J connectivity index is 2.04. The van der Waals surface area contributed by atoms with Gasteiger partial charge in [-0.05, 0) is 13.0 Å². The number of aryl methyl sites for hydroxylation is 1. The SMILES string of the molecule is Cc1[nH]c2ccccc2c1Nc1ncc(C#N)s1. The lowest BCUT2D eigenvalue weighted by Crippen LogP contribution is -1.89. The number of aromatic amines is 1. The number of para-hydroxylation sites is 1. The molecule has 0 unspecified atom stereocenters. The quantitative estimate of drug-likeness (QED) is 0.735. The molecule has 0 saturated heterocycles. The van der Waals surface area contributed by atoms with Gasteiger partial charge in [-0.15, -0.1) is 0 Å². The zero-order chi connectivity index (χ0) is 12.5. The fourth-order valence-electron chi connectivity index (χ4n) is 1.93. The molecule has 2 aromatic heterocycles. The van der Waals surface area contributed by atoms with Crippen molar-refractivity contribution in [2.45, 2.75) is 6.92 Å². The van der Waals surface area contributed by atoms with Crippen LogP contribution in [-0.2, 0) is 0 Å². The number of aromatic nitrogens is 2. The molecule has 3 aromatic rings. The second kappa shape index (κ2) is 4.17. The summed E-state index contributed by atoms with van der Waals surface area (Å²) in [7, 11) is 0. The minimum Gasteiger partial charge on any atom is -0.357 e. The summed E-state index contributed by atoms with van der Waals surface area (Å²) in [6, 6.07) is 10.2. The maximum atomic E-state index is 8.79. The van der Waals surface area contributed by atoms with Crippen LogP contribution in [0.2, 0.25) is 0 Å². The number of benzene rings is 1. The van der Waals surface area contributed by atoms with Gasteiger partial charge in [-0.1, -0.05) is 29.5 Å². The lowest BCUT2D eigenvalue weighted by molar-refractivity contribution is 1.29. The average Bonchev–Trinajstić information content (AvgIpc) is 2.96. The number of hydrogen-bond acceptors (Lipinski definition) is 4. The van der Waals surface area contributed by atoms with E-state index in [4.69, 9.17) is 5.26 Å². The summed E-state index contributed by atoms with van der Waals surface area (Å²) in [4.78, 5) is 8.10. The van der Waals surface area contributed by atoms with Crippen LogP contribution in [0, 0.1) is 18.3 Å². The molecular weight excluding hydrogens is 244 g/mol. The summed E-state index contributed by atoms with van der Waals surface area (Å²) < 4.78 is 0. The Bertz CT molecular complexity index is 748. The molecule has 4 nitrogen and oxygen atoms in total. The van der Waals surface area contributed by atoms with Crippen LogP contribution >= 0.6 is 11.3 Å². The third-order valence-corrected chi connectivity index (χ3v) is 3.56. The number of nitriles is 1. The molecule has 5 heteroatoms. The minimum absolute atomic E-state index is 0.606. The normalized spacial score (nSPS) is 10.4. The van der Waals surface area contributed by atoms with Crippen molar-refractivity contribution in [2.75, 3.05) is 5.32 Å². The third kappa shape index (κ3) is 1.73. The van der Waals surface area contributed by atoms with Crippen molar-refractivity contribution in [2.24, 2.45) is 0 Å². The highest BCUT2D eigenvalue weighted by Gasteiger charge is 2.09. The predicted octanol–water partition coefficient (Wildman–Crippen LogP) is 3.55. The van der Waals surface area contributed by atoms with Crippen molar-refractivity contribution in [1.29, 1.82) is 5.26 Å². The molecule has 2 N–H and O–H groups in total. The van der Waals surface area contributed by atoms with Crippen LogP contribution in [0.3, 0.4) is 0 Å². The van der Waals surface area contributed by atoms with Gasteiger partial charge in [0.05, 0.1) is 11.9 Å². The van der Waals surface area contributed by atoms with Crippen LogP contribution in [0.25, 0.3) is 10.9 Å². The molecule has 3 rings (SSSR count). The first kappa shape index (κ1) is 10.8. The summed E-state index contributed by atoms with van der Waals surface area (Å²) in [6.45, 7) is 2.02. The molecule has 0 atom stereocenters. The largest absolute Gasteiger partial charge is 0.357 e. The van der Waals surface area contributed by atoms with Crippen LogP contribution in [0.15, 0.2) is 30.5 Å². The number of anilines is 2. The number of thiazole rings is 1. The van der Waals surface area contributed by atoms with Gasteiger partial charge in [0.25, 0.3) is 0 Å². The Morgan fingerprint density at radius 1 is 1.39 bits per heavy atom. The van der Waals surface area contributed by atoms with E-state index in [0.717, 1.165) is 27.4 Å². The van der Waals surface area contributed by atoms with Crippen LogP contribution < -0.4 is 5.32 Å². The van der Waals surface area contributed by atoms with E-state index >= 15 is 0 Å². The summed E-state index contributed by atoms with van der Waals surface area (Å²) in [6.07, 6.45) is 1.58. The minimum atomic E-state index is 0.606. The van der Waals surface area contributed by atoms with Crippen LogP contribution in [0.1, 0.15) is 10.6 Å². The van der Waals surface area contributed by atoms with Gasteiger partial charge in [-0.25, -0.2) is 4.98 Å². The van der Waals surface area contributed by atoms with Crippen molar-refractivity contribution >= 4 is 33.1 Å². The van der Waals surface area contributed by atoms with Crippen LogP contribution in [0.4, 0.5) is 10.8 Å². The van der Waals surface area contributed by atoms with Gasteiger partial charge in [0.1, 0.15) is 10.9 Å². The van der Waals surface area contributed by atoms with Gasteiger partial charge >= 0.3 is 0 Å². The van der Waals surface area contributed by atoms with E-state index in [1.54, 1.807) is 6.20 Å². The van der Waals surface area contributed by atoms with E-state index in [0.29, 0.717) is 4.88 Å². The van der Waals surface area contributed by atoms with Gasteiger partial charge < -0.3 is 10.3 Å². The van der Waals surface area contributed by atoms with E-state index in [1.807, 2.05) is 25.1 Å². The molecule has 2 heterocycles. The zero-order valence-corrected chi connectivity index (χ0v) is 10.5. The van der Waals surface area contributed by atoms with Gasteiger partial charge in [-0.2, -0.15) is 5.26 Å². The number of rotatable bonds is 2. The molecule has 18 heavy (non-hydrogen) atoms. The second-order valence-electron chi connectivity index (χ2n) is 3.94. The molecular formula is C13H10N4S. The Morgan fingerprint density at radius 3 is 3.00 bits per heavy atom. The topological polar surface area (TPSA) is 64.5 Å². The fourth-order valence-corrected chi connectivity index (χ4v) is 2.55. The van der Waals surface area contributed by atoms with Crippen molar-refractivity contribution in [3.8, 4) is 6.07 Å². The lowest BCUT2D eigenvalue weighted by Gasteiger charge is -2.01. The van der Waals surface area contributed by atoms with E-state index in [1.165, 1.54) is 11.3 Å². The standard InChI is InChI=1S/C13H10N4S/c1-8-12(10-4-2-3-5-11(10)16-8)17-13-15-7-9(6-14)18-13/h2-5,7,16H,1H3,(H,15,17). The zero-order valence-electron chi connectivity index (χ0n) is 9.69. The number of nitrogens with zero attached hydrogens (tertiary/aromatic N) is 2. The first-order valence-electron chi connectivity index (χ1n) is 5.48. The summed E-state index contributed by atoms with van der Waals surface area (Å²) in [5, 5.41) is 13.9. The predicted molar refractivity (Wildman–Crippen MR) is 73.1 cm³/mol. The monoisotopic (exact) mass is 254 g/mol. The fraction of sp³-hybridized carbons (Fsp3) is 0.0769. The Kier molecular flexibility index (Phi) is 2.50. The van der Waals surface area contributed by atoms with E-state index in [9.17, 15) is 0 Å². The molecule has 0 aliphatic heterocycles. The molecule has 0 saturated carbocycles. The molecule has 0 spiro atoms. The Hall–Kier alpha value is -2.32. The summed E-state index contributed by atoms with van der Waals surface area (Å²) in [5.41, 5.74) is 3.17. The highest BCUT2D eigenvalue weighted by molar-refractivity contribution is 7.16. The smallest absolute Gasteiger partial charge is 0.188 e. The number of H-pyrrole nitrogens is 1. The maximum absolute atomic E-state index is 8.79. The second-order valence-corrected chi connectivity index (χ2v) is 4.97. The highest BCUT2D eigenvalue weighted by Crippen LogP contribution is 2.31. The number of hydrogen-bond donors (Lipinski definition) is 2. The van der Waals surface area contributed by atoms with Crippen molar-refractivity contribution in [1.82, 2.24) is 9.97 Å². The molecule has 0 bridgehead atoms. The summed E-state index contributed by atoms with van der Waals surface area (Å²) in [5.74, 6) is 0. The highest BCUT2D eigenvalue weighted by atomic mass is 32.1. The van der Waals surface area contributed by atoms with Crippen LogP contribution in [0.5, 0.6) is 0 Å². The third-order valence-electron chi connectivity index (χ3n) is 2.74. The summed E-state index contributed by atoms with van der Waals surface area (Å²) >= 11 is 1.35. The molecule has 0 aliphatic carbocycles. The molecule has 88 valence electrons. The van der Waals surface area contributed by atoms with Gasteiger partial charge in [0.15, 0.2) is 5.13 Å². The number of nitrogens with one attached hydrogen (secondary N) is 2. The average molecular weight is 254 g/mol. The molecule has 0 fully saturated rings.